The Morgan fingerprint density at radius 1 is 1.29 bits per heavy atom. The zero-order chi connectivity index (χ0) is 15.5. The SMILES string of the molecule is C[Si](C)(C)CCOCn1ncc2ccc(OC(F)F)cc21. The van der Waals surface area contributed by atoms with Crippen LogP contribution in [0.15, 0.2) is 24.4 Å². The molecule has 7 heteroatoms. The Kier molecular flexibility index (Phi) is 4.94. The molecule has 4 nitrogen and oxygen atoms in total. The van der Waals surface area contributed by atoms with Crippen molar-refractivity contribution in [2.75, 3.05) is 6.61 Å². The highest BCUT2D eigenvalue weighted by atomic mass is 28.3. The van der Waals surface area contributed by atoms with Crippen LogP contribution >= 0.6 is 0 Å². The summed E-state index contributed by atoms with van der Waals surface area (Å²) in [6.07, 6.45) is 1.68. The maximum Gasteiger partial charge on any atom is 0.387 e. The van der Waals surface area contributed by atoms with E-state index in [0.29, 0.717) is 13.3 Å². The van der Waals surface area contributed by atoms with Crippen LogP contribution in [-0.2, 0) is 11.5 Å². The van der Waals surface area contributed by atoms with Gasteiger partial charge in [-0.05, 0) is 18.2 Å². The lowest BCUT2D eigenvalue weighted by atomic mass is 10.2. The van der Waals surface area contributed by atoms with Gasteiger partial charge in [-0.15, -0.1) is 0 Å². The summed E-state index contributed by atoms with van der Waals surface area (Å²) < 4.78 is 36.2. The number of nitrogens with zero attached hydrogens (tertiary/aromatic N) is 2. The third kappa shape index (κ3) is 4.78. The summed E-state index contributed by atoms with van der Waals surface area (Å²) in [7, 11) is -1.12. The molecule has 21 heavy (non-hydrogen) atoms. The fraction of sp³-hybridized carbons (Fsp3) is 0.500. The third-order valence-electron chi connectivity index (χ3n) is 3.05. The van der Waals surface area contributed by atoms with E-state index in [1.54, 1.807) is 23.0 Å². The Bertz CT molecular complexity index is 596. The second kappa shape index (κ2) is 6.53. The van der Waals surface area contributed by atoms with Gasteiger partial charge in [0.15, 0.2) is 0 Å². The van der Waals surface area contributed by atoms with Crippen molar-refractivity contribution < 1.29 is 18.3 Å². The second-order valence-corrected chi connectivity index (χ2v) is 11.7. The van der Waals surface area contributed by atoms with E-state index in [2.05, 4.69) is 29.5 Å². The van der Waals surface area contributed by atoms with E-state index in [0.717, 1.165) is 16.9 Å². The van der Waals surface area contributed by atoms with Crippen LogP contribution in [0.2, 0.25) is 25.7 Å². The fourth-order valence-corrected chi connectivity index (χ4v) is 2.62. The van der Waals surface area contributed by atoms with Gasteiger partial charge in [-0.25, -0.2) is 4.68 Å². The van der Waals surface area contributed by atoms with Crippen molar-refractivity contribution in [1.29, 1.82) is 0 Å². The maximum atomic E-state index is 12.2. The highest BCUT2D eigenvalue weighted by Crippen LogP contribution is 2.22. The molecule has 0 unspecified atom stereocenters. The van der Waals surface area contributed by atoms with Crippen molar-refractivity contribution >= 4 is 19.0 Å². The summed E-state index contributed by atoms with van der Waals surface area (Å²) in [5.74, 6) is 0.126. The Morgan fingerprint density at radius 3 is 2.71 bits per heavy atom. The molecule has 2 rings (SSSR count). The molecule has 0 bridgehead atoms. The van der Waals surface area contributed by atoms with Crippen molar-refractivity contribution in [2.45, 2.75) is 39.0 Å². The molecular formula is C14H20F2N2O2Si. The lowest BCUT2D eigenvalue weighted by Gasteiger charge is -2.15. The van der Waals surface area contributed by atoms with Gasteiger partial charge in [0.2, 0.25) is 0 Å². The predicted octanol–water partition coefficient (Wildman–Crippen LogP) is 3.95. The molecule has 1 aromatic carbocycles. The van der Waals surface area contributed by atoms with Crippen molar-refractivity contribution in [1.82, 2.24) is 9.78 Å². The van der Waals surface area contributed by atoms with Crippen LogP contribution in [0.25, 0.3) is 10.9 Å². The fourth-order valence-electron chi connectivity index (χ4n) is 1.86. The van der Waals surface area contributed by atoms with Crippen LogP contribution in [0.3, 0.4) is 0 Å². The molecule has 0 fully saturated rings. The van der Waals surface area contributed by atoms with Crippen molar-refractivity contribution in [2.24, 2.45) is 0 Å². The number of halogens is 2. The number of aromatic nitrogens is 2. The van der Waals surface area contributed by atoms with Gasteiger partial charge in [-0.3, -0.25) is 0 Å². The van der Waals surface area contributed by atoms with Gasteiger partial charge in [-0.1, -0.05) is 19.6 Å². The Balaban J connectivity index is 2.02. The summed E-state index contributed by atoms with van der Waals surface area (Å²) in [5, 5.41) is 5.08. The molecule has 116 valence electrons. The summed E-state index contributed by atoms with van der Waals surface area (Å²) in [6.45, 7) is 5.03. The van der Waals surface area contributed by atoms with Gasteiger partial charge < -0.3 is 9.47 Å². The van der Waals surface area contributed by atoms with Crippen LogP contribution in [0.5, 0.6) is 5.75 Å². The first-order chi connectivity index (χ1) is 9.85. The quantitative estimate of drug-likeness (QED) is 0.573. The predicted molar refractivity (Wildman–Crippen MR) is 80.5 cm³/mol. The molecule has 0 atom stereocenters. The summed E-state index contributed by atoms with van der Waals surface area (Å²) in [5.41, 5.74) is 0.723. The first-order valence-electron chi connectivity index (χ1n) is 6.83. The van der Waals surface area contributed by atoms with Gasteiger partial charge in [0.1, 0.15) is 12.5 Å². The molecule has 0 radical (unpaired) electrons. The van der Waals surface area contributed by atoms with Crippen LogP contribution in [-0.4, -0.2) is 31.1 Å². The van der Waals surface area contributed by atoms with E-state index in [-0.39, 0.29) is 5.75 Å². The van der Waals surface area contributed by atoms with Crippen molar-refractivity contribution in [3.63, 3.8) is 0 Å². The van der Waals surface area contributed by atoms with Crippen LogP contribution in [0.1, 0.15) is 0 Å². The molecule has 1 aromatic heterocycles. The Hall–Kier alpha value is -1.47. The average Bonchev–Trinajstić information content (AvgIpc) is 2.75. The van der Waals surface area contributed by atoms with E-state index >= 15 is 0 Å². The monoisotopic (exact) mass is 314 g/mol. The van der Waals surface area contributed by atoms with Crippen LogP contribution in [0.4, 0.5) is 8.78 Å². The van der Waals surface area contributed by atoms with E-state index in [1.807, 2.05) is 0 Å². The summed E-state index contributed by atoms with van der Waals surface area (Å²) in [4.78, 5) is 0. The Labute approximate surface area is 123 Å². The number of hydrogen-bond acceptors (Lipinski definition) is 3. The largest absolute Gasteiger partial charge is 0.435 e. The van der Waals surface area contributed by atoms with E-state index in [1.165, 1.54) is 6.07 Å². The van der Waals surface area contributed by atoms with Gasteiger partial charge in [0.05, 0.1) is 11.7 Å². The Morgan fingerprint density at radius 2 is 2.05 bits per heavy atom. The number of ether oxygens (including phenoxy) is 2. The molecule has 0 saturated heterocycles. The number of benzene rings is 1. The number of fused-ring (bicyclic) bond motifs is 1. The minimum Gasteiger partial charge on any atom is -0.435 e. The van der Waals surface area contributed by atoms with Crippen molar-refractivity contribution in [3.05, 3.63) is 24.4 Å². The number of rotatable bonds is 7. The van der Waals surface area contributed by atoms with Gasteiger partial charge in [0, 0.05) is 26.1 Å². The standard InChI is InChI=1S/C14H20F2N2O2Si/c1-21(2,3)7-6-19-10-18-13-8-12(20-14(15)16)5-4-11(13)9-17-18/h4-5,8-9,14H,6-7,10H2,1-3H3. The van der Waals surface area contributed by atoms with Gasteiger partial charge in [0.25, 0.3) is 0 Å². The minimum atomic E-state index is -2.83. The van der Waals surface area contributed by atoms with E-state index in [9.17, 15) is 8.78 Å². The van der Waals surface area contributed by atoms with Gasteiger partial charge >= 0.3 is 6.61 Å². The van der Waals surface area contributed by atoms with Gasteiger partial charge in [-0.2, -0.15) is 13.9 Å². The zero-order valence-electron chi connectivity index (χ0n) is 12.5. The molecule has 0 aliphatic rings. The molecule has 1 heterocycles. The number of hydrogen-bond donors (Lipinski definition) is 0. The average molecular weight is 314 g/mol. The molecule has 2 aromatic rings. The molecular weight excluding hydrogens is 294 g/mol. The van der Waals surface area contributed by atoms with Crippen LogP contribution < -0.4 is 4.74 Å². The minimum absolute atomic E-state index is 0.126. The molecule has 0 aliphatic heterocycles. The molecule has 0 aliphatic carbocycles. The maximum absolute atomic E-state index is 12.2. The number of alkyl halides is 2. The zero-order valence-corrected chi connectivity index (χ0v) is 13.5. The molecule has 0 spiro atoms. The highest BCUT2D eigenvalue weighted by Gasteiger charge is 2.12. The lowest BCUT2D eigenvalue weighted by molar-refractivity contribution is -0.0497. The first kappa shape index (κ1) is 15.9. The van der Waals surface area contributed by atoms with E-state index in [4.69, 9.17) is 4.74 Å². The summed E-state index contributed by atoms with van der Waals surface area (Å²) >= 11 is 0. The molecule has 0 N–H and O–H groups in total. The second-order valence-electron chi connectivity index (χ2n) is 6.09. The topological polar surface area (TPSA) is 36.3 Å². The van der Waals surface area contributed by atoms with E-state index < -0.39 is 14.7 Å². The normalized spacial score (nSPS) is 12.3. The first-order valence-corrected chi connectivity index (χ1v) is 10.5. The highest BCUT2D eigenvalue weighted by molar-refractivity contribution is 6.76. The molecule has 0 saturated carbocycles. The van der Waals surface area contributed by atoms with Crippen LogP contribution in [0, 0.1) is 0 Å². The smallest absolute Gasteiger partial charge is 0.387 e. The molecule has 0 amide bonds. The summed E-state index contributed by atoms with van der Waals surface area (Å²) in [6, 6.07) is 5.84. The van der Waals surface area contributed by atoms with Crippen molar-refractivity contribution in [3.8, 4) is 5.75 Å². The lowest BCUT2D eigenvalue weighted by Crippen LogP contribution is -2.22. The third-order valence-corrected chi connectivity index (χ3v) is 4.76.